The van der Waals surface area contributed by atoms with E-state index >= 15 is 0 Å². The van der Waals surface area contributed by atoms with E-state index in [1.54, 1.807) is 42.5 Å². The summed E-state index contributed by atoms with van der Waals surface area (Å²) in [5.41, 5.74) is 2.27. The predicted octanol–water partition coefficient (Wildman–Crippen LogP) is 5.36. The summed E-state index contributed by atoms with van der Waals surface area (Å²) in [5.74, 6) is -0.523. The second-order valence-corrected chi connectivity index (χ2v) is 5.77. The Balaban J connectivity index is 1.87. The van der Waals surface area contributed by atoms with Crippen molar-refractivity contribution in [2.24, 2.45) is 0 Å². The van der Waals surface area contributed by atoms with Gasteiger partial charge >= 0.3 is 5.97 Å². The fourth-order valence-corrected chi connectivity index (χ4v) is 2.64. The summed E-state index contributed by atoms with van der Waals surface area (Å²) in [6, 6.07) is 21.7. The van der Waals surface area contributed by atoms with Crippen LogP contribution in [-0.4, -0.2) is 11.1 Å². The maximum absolute atomic E-state index is 11.4. The minimum atomic E-state index is -1.00. The van der Waals surface area contributed by atoms with Gasteiger partial charge in [-0.3, -0.25) is 0 Å². The standard InChI is InChI=1S/C20H16ClNO3/c21-16-10-6-12-18(19(16)25-13-14-7-2-1-3-8-14)22-17-11-5-4-9-15(17)20(23)24/h1-12,22H,13H2,(H,23,24). The van der Waals surface area contributed by atoms with Crippen molar-refractivity contribution in [3.63, 3.8) is 0 Å². The third-order valence-electron chi connectivity index (χ3n) is 3.62. The molecule has 0 aliphatic heterocycles. The Labute approximate surface area is 150 Å². The lowest BCUT2D eigenvalue weighted by Gasteiger charge is -2.16. The number of para-hydroxylation sites is 2. The average Bonchev–Trinajstić information content (AvgIpc) is 2.62. The first-order valence-electron chi connectivity index (χ1n) is 7.70. The Morgan fingerprint density at radius 2 is 1.60 bits per heavy atom. The summed E-state index contributed by atoms with van der Waals surface area (Å²) in [4.78, 5) is 11.4. The Bertz CT molecular complexity index is 881. The lowest BCUT2D eigenvalue weighted by Crippen LogP contribution is -2.04. The Morgan fingerprint density at radius 1 is 0.920 bits per heavy atom. The molecule has 0 spiro atoms. The number of hydrogen-bond acceptors (Lipinski definition) is 3. The smallest absolute Gasteiger partial charge is 0.337 e. The van der Waals surface area contributed by atoms with Crippen LogP contribution in [0.4, 0.5) is 11.4 Å². The van der Waals surface area contributed by atoms with Crippen LogP contribution in [0.5, 0.6) is 5.75 Å². The highest BCUT2D eigenvalue weighted by molar-refractivity contribution is 6.32. The number of anilines is 2. The molecule has 0 unspecified atom stereocenters. The van der Waals surface area contributed by atoms with Crippen LogP contribution in [0.3, 0.4) is 0 Å². The summed E-state index contributed by atoms with van der Waals surface area (Å²) in [5, 5.41) is 12.9. The van der Waals surface area contributed by atoms with Gasteiger partial charge < -0.3 is 15.2 Å². The largest absolute Gasteiger partial charge is 0.485 e. The summed E-state index contributed by atoms with van der Waals surface area (Å²) in [7, 11) is 0. The quantitative estimate of drug-likeness (QED) is 0.626. The number of rotatable bonds is 6. The van der Waals surface area contributed by atoms with Gasteiger partial charge in [0.25, 0.3) is 0 Å². The molecule has 4 nitrogen and oxygen atoms in total. The summed E-state index contributed by atoms with van der Waals surface area (Å²) < 4.78 is 5.88. The van der Waals surface area contributed by atoms with E-state index in [0.29, 0.717) is 28.8 Å². The number of halogens is 1. The zero-order valence-corrected chi connectivity index (χ0v) is 14.0. The minimum absolute atomic E-state index is 0.177. The molecule has 126 valence electrons. The molecule has 0 amide bonds. The number of benzene rings is 3. The Kier molecular flexibility index (Phi) is 5.21. The zero-order valence-electron chi connectivity index (χ0n) is 13.3. The first kappa shape index (κ1) is 16.9. The van der Waals surface area contributed by atoms with Crippen LogP contribution in [-0.2, 0) is 6.61 Å². The maximum atomic E-state index is 11.4. The van der Waals surface area contributed by atoms with Crippen LogP contribution < -0.4 is 10.1 Å². The highest BCUT2D eigenvalue weighted by Gasteiger charge is 2.13. The van der Waals surface area contributed by atoms with Gasteiger partial charge in [0.2, 0.25) is 0 Å². The van der Waals surface area contributed by atoms with Gasteiger partial charge in [0.05, 0.1) is 22.0 Å². The summed E-state index contributed by atoms with van der Waals surface area (Å²) in [6.07, 6.45) is 0. The second kappa shape index (κ2) is 7.73. The maximum Gasteiger partial charge on any atom is 0.337 e. The normalized spacial score (nSPS) is 10.3. The molecule has 0 bridgehead atoms. The first-order chi connectivity index (χ1) is 12.1. The number of carboxylic acid groups (broad SMARTS) is 1. The lowest BCUT2D eigenvalue weighted by molar-refractivity contribution is 0.0698. The number of hydrogen-bond donors (Lipinski definition) is 2. The molecular formula is C20H16ClNO3. The Hall–Kier alpha value is -2.98. The van der Waals surface area contributed by atoms with E-state index in [0.717, 1.165) is 5.56 Å². The van der Waals surface area contributed by atoms with Crippen LogP contribution in [0.1, 0.15) is 15.9 Å². The third kappa shape index (κ3) is 4.11. The van der Waals surface area contributed by atoms with Crippen LogP contribution in [0.2, 0.25) is 5.02 Å². The molecule has 3 rings (SSSR count). The average molecular weight is 354 g/mol. The minimum Gasteiger partial charge on any atom is -0.485 e. The molecule has 0 saturated carbocycles. The monoisotopic (exact) mass is 353 g/mol. The fourth-order valence-electron chi connectivity index (χ4n) is 2.41. The van der Waals surface area contributed by atoms with Crippen LogP contribution in [0.15, 0.2) is 72.8 Å². The van der Waals surface area contributed by atoms with Crippen molar-refractivity contribution in [3.05, 3.63) is 88.9 Å². The molecule has 0 heterocycles. The van der Waals surface area contributed by atoms with Crippen LogP contribution in [0, 0.1) is 0 Å². The van der Waals surface area contributed by atoms with Crippen molar-refractivity contribution in [2.45, 2.75) is 6.61 Å². The molecule has 0 saturated heterocycles. The number of carboxylic acids is 1. The molecule has 0 radical (unpaired) electrons. The van der Waals surface area contributed by atoms with E-state index in [2.05, 4.69) is 5.32 Å². The fraction of sp³-hybridized carbons (Fsp3) is 0.0500. The lowest BCUT2D eigenvalue weighted by atomic mass is 10.1. The number of carbonyl (C=O) groups is 1. The first-order valence-corrected chi connectivity index (χ1v) is 8.07. The molecule has 3 aromatic carbocycles. The summed E-state index contributed by atoms with van der Waals surface area (Å²) in [6.45, 7) is 0.361. The van der Waals surface area contributed by atoms with Crippen molar-refractivity contribution in [1.82, 2.24) is 0 Å². The predicted molar refractivity (Wildman–Crippen MR) is 98.9 cm³/mol. The highest BCUT2D eigenvalue weighted by Crippen LogP contribution is 2.36. The van der Waals surface area contributed by atoms with Gasteiger partial charge in [0, 0.05) is 0 Å². The van der Waals surface area contributed by atoms with E-state index in [9.17, 15) is 9.90 Å². The van der Waals surface area contributed by atoms with Gasteiger partial charge in [-0.1, -0.05) is 60.1 Å². The molecule has 0 fully saturated rings. The van der Waals surface area contributed by atoms with Gasteiger partial charge in [-0.25, -0.2) is 4.79 Å². The van der Waals surface area contributed by atoms with E-state index in [4.69, 9.17) is 16.3 Å². The van der Waals surface area contributed by atoms with Gasteiger partial charge in [-0.2, -0.15) is 0 Å². The SMILES string of the molecule is O=C(O)c1ccccc1Nc1cccc(Cl)c1OCc1ccccc1. The molecule has 25 heavy (non-hydrogen) atoms. The molecule has 0 atom stereocenters. The third-order valence-corrected chi connectivity index (χ3v) is 3.92. The van der Waals surface area contributed by atoms with Gasteiger partial charge in [-0.05, 0) is 29.8 Å². The number of ether oxygens (including phenoxy) is 1. The number of nitrogens with one attached hydrogen (secondary N) is 1. The van der Waals surface area contributed by atoms with E-state index in [1.807, 2.05) is 30.3 Å². The second-order valence-electron chi connectivity index (χ2n) is 5.37. The van der Waals surface area contributed by atoms with Crippen molar-refractivity contribution in [3.8, 4) is 5.75 Å². The molecular weight excluding hydrogens is 338 g/mol. The summed E-state index contributed by atoms with van der Waals surface area (Å²) >= 11 is 6.28. The molecule has 3 aromatic rings. The van der Waals surface area contributed by atoms with E-state index < -0.39 is 5.97 Å². The molecule has 0 aliphatic rings. The molecule has 0 aliphatic carbocycles. The van der Waals surface area contributed by atoms with Crippen molar-refractivity contribution >= 4 is 28.9 Å². The molecule has 5 heteroatoms. The molecule has 2 N–H and O–H groups in total. The van der Waals surface area contributed by atoms with Gasteiger partial charge in [0.1, 0.15) is 6.61 Å². The van der Waals surface area contributed by atoms with Crippen molar-refractivity contribution < 1.29 is 14.6 Å². The van der Waals surface area contributed by atoms with Crippen molar-refractivity contribution in [1.29, 1.82) is 0 Å². The Morgan fingerprint density at radius 3 is 2.36 bits per heavy atom. The topological polar surface area (TPSA) is 58.6 Å². The van der Waals surface area contributed by atoms with Gasteiger partial charge in [0.15, 0.2) is 5.75 Å². The van der Waals surface area contributed by atoms with Gasteiger partial charge in [-0.15, -0.1) is 0 Å². The highest BCUT2D eigenvalue weighted by atomic mass is 35.5. The van der Waals surface area contributed by atoms with Crippen LogP contribution >= 0.6 is 11.6 Å². The zero-order chi connectivity index (χ0) is 17.6. The van der Waals surface area contributed by atoms with Crippen LogP contribution in [0.25, 0.3) is 0 Å². The van der Waals surface area contributed by atoms with Crippen molar-refractivity contribution in [2.75, 3.05) is 5.32 Å². The molecule has 0 aromatic heterocycles. The van der Waals surface area contributed by atoms with E-state index in [1.165, 1.54) is 0 Å². The van der Waals surface area contributed by atoms with E-state index in [-0.39, 0.29) is 5.56 Å². The number of aromatic carboxylic acids is 1.